The number of likely N-dealkylation sites (tertiary alicyclic amines) is 1. The Labute approximate surface area is 121 Å². The molecule has 1 heterocycles. The van der Waals surface area contributed by atoms with E-state index in [0.29, 0.717) is 6.42 Å². The van der Waals surface area contributed by atoms with Crippen LogP contribution in [0.3, 0.4) is 0 Å². The highest BCUT2D eigenvalue weighted by Crippen LogP contribution is 2.34. The predicted octanol–water partition coefficient (Wildman–Crippen LogP) is 2.47. The Hall–Kier alpha value is -1.47. The maximum absolute atomic E-state index is 12.5. The van der Waals surface area contributed by atoms with Gasteiger partial charge in [0.1, 0.15) is 6.04 Å². The quantitative estimate of drug-likeness (QED) is 0.838. The van der Waals surface area contributed by atoms with Gasteiger partial charge in [-0.2, -0.15) is 13.2 Å². The summed E-state index contributed by atoms with van der Waals surface area (Å²) in [4.78, 5) is 24.3. The summed E-state index contributed by atoms with van der Waals surface area (Å²) in [6.45, 7) is 3.49. The Morgan fingerprint density at radius 2 is 1.86 bits per heavy atom. The second kappa shape index (κ2) is 7.00. The van der Waals surface area contributed by atoms with E-state index in [-0.39, 0.29) is 31.8 Å². The lowest BCUT2D eigenvalue weighted by Gasteiger charge is -2.34. The molecule has 8 heteroatoms. The molecule has 0 aromatic carbocycles. The molecule has 1 aliphatic rings. The molecule has 0 aliphatic carbocycles. The zero-order valence-corrected chi connectivity index (χ0v) is 12.1. The maximum atomic E-state index is 12.5. The number of alkyl halides is 3. The molecule has 1 aliphatic heterocycles. The van der Waals surface area contributed by atoms with Gasteiger partial charge in [-0.05, 0) is 18.8 Å². The molecule has 1 fully saturated rings. The number of carboxylic acid groups (broad SMARTS) is 1. The number of aliphatic carboxylic acids is 1. The zero-order chi connectivity index (χ0) is 16.2. The number of rotatable bonds is 4. The molecule has 21 heavy (non-hydrogen) atoms. The molecular formula is C13H21F3N2O3. The van der Waals surface area contributed by atoms with Crippen molar-refractivity contribution in [3.63, 3.8) is 0 Å². The number of nitrogens with zero attached hydrogens (tertiary/aromatic N) is 1. The molecule has 122 valence electrons. The number of hydrogen-bond donors (Lipinski definition) is 2. The molecule has 0 saturated carbocycles. The lowest BCUT2D eigenvalue weighted by molar-refractivity contribution is -0.183. The Kier molecular flexibility index (Phi) is 5.86. The number of nitrogens with one attached hydrogen (secondary N) is 1. The fourth-order valence-corrected chi connectivity index (χ4v) is 2.32. The standard InChI is InChI=1S/C13H21F3N2O3/c1-3-8(2)10(11(19)20)17-12(21)18-6-4-9(5-7-18)13(14,15)16/h8-10H,3-7H2,1-2H3,(H,17,21)(H,19,20)/t8?,10-/m0/s1. The van der Waals surface area contributed by atoms with Gasteiger partial charge in [0.15, 0.2) is 0 Å². The van der Waals surface area contributed by atoms with Crippen molar-refractivity contribution < 1.29 is 27.9 Å². The van der Waals surface area contributed by atoms with Gasteiger partial charge >= 0.3 is 18.2 Å². The molecule has 5 nitrogen and oxygen atoms in total. The summed E-state index contributed by atoms with van der Waals surface area (Å²) in [6, 6.07) is -1.63. The first kappa shape index (κ1) is 17.6. The maximum Gasteiger partial charge on any atom is 0.391 e. The van der Waals surface area contributed by atoms with Gasteiger partial charge < -0.3 is 15.3 Å². The third-order valence-corrected chi connectivity index (χ3v) is 4.00. The number of carbonyl (C=O) groups is 2. The van der Waals surface area contributed by atoms with Crippen molar-refractivity contribution in [3.05, 3.63) is 0 Å². The van der Waals surface area contributed by atoms with Crippen LogP contribution >= 0.6 is 0 Å². The highest BCUT2D eigenvalue weighted by Gasteiger charge is 2.42. The normalized spacial score (nSPS) is 20.0. The largest absolute Gasteiger partial charge is 0.480 e. The van der Waals surface area contributed by atoms with E-state index in [4.69, 9.17) is 5.11 Å². The first-order chi connectivity index (χ1) is 9.66. The van der Waals surface area contributed by atoms with Crippen molar-refractivity contribution in [2.45, 2.75) is 45.3 Å². The van der Waals surface area contributed by atoms with Crippen LogP contribution in [0.5, 0.6) is 0 Å². The Balaban J connectivity index is 2.55. The number of urea groups is 1. The van der Waals surface area contributed by atoms with Crippen LogP contribution in [0.15, 0.2) is 0 Å². The van der Waals surface area contributed by atoms with Gasteiger partial charge in [0.2, 0.25) is 0 Å². The third-order valence-electron chi connectivity index (χ3n) is 4.00. The highest BCUT2D eigenvalue weighted by molar-refractivity contribution is 5.82. The first-order valence-electron chi connectivity index (χ1n) is 7.01. The van der Waals surface area contributed by atoms with Crippen molar-refractivity contribution >= 4 is 12.0 Å². The van der Waals surface area contributed by atoms with Crippen molar-refractivity contribution in [2.24, 2.45) is 11.8 Å². The molecule has 1 unspecified atom stereocenters. The summed E-state index contributed by atoms with van der Waals surface area (Å²) in [6.07, 6.45) is -3.94. The van der Waals surface area contributed by atoms with E-state index in [1.54, 1.807) is 6.92 Å². The summed E-state index contributed by atoms with van der Waals surface area (Å²) >= 11 is 0. The summed E-state index contributed by atoms with van der Waals surface area (Å²) in [5, 5.41) is 11.5. The fraction of sp³-hybridized carbons (Fsp3) is 0.846. The third kappa shape index (κ3) is 4.78. The fourth-order valence-electron chi connectivity index (χ4n) is 2.32. The average Bonchev–Trinajstić information content (AvgIpc) is 2.42. The van der Waals surface area contributed by atoms with E-state index in [1.807, 2.05) is 6.92 Å². The molecular weight excluding hydrogens is 289 g/mol. The number of halogens is 3. The Bertz CT molecular complexity index is 379. The van der Waals surface area contributed by atoms with Gasteiger partial charge in [0, 0.05) is 13.1 Å². The van der Waals surface area contributed by atoms with E-state index in [2.05, 4.69) is 5.32 Å². The lowest BCUT2D eigenvalue weighted by atomic mass is 9.96. The molecule has 2 atom stereocenters. The Morgan fingerprint density at radius 1 is 1.33 bits per heavy atom. The van der Waals surface area contributed by atoms with Crippen molar-refractivity contribution in [2.75, 3.05) is 13.1 Å². The van der Waals surface area contributed by atoms with Crippen LogP contribution < -0.4 is 5.32 Å². The van der Waals surface area contributed by atoms with Crippen LogP contribution in [0, 0.1) is 11.8 Å². The number of hydrogen-bond acceptors (Lipinski definition) is 2. The van der Waals surface area contributed by atoms with Crippen LogP contribution in [0.25, 0.3) is 0 Å². The van der Waals surface area contributed by atoms with Crippen molar-refractivity contribution in [1.29, 1.82) is 0 Å². The lowest BCUT2D eigenvalue weighted by Crippen LogP contribution is -2.53. The van der Waals surface area contributed by atoms with Crippen LogP contribution in [-0.4, -0.2) is 47.3 Å². The average molecular weight is 310 g/mol. The molecule has 1 rings (SSSR count). The van der Waals surface area contributed by atoms with Crippen LogP contribution in [-0.2, 0) is 4.79 Å². The van der Waals surface area contributed by atoms with Gasteiger partial charge in [-0.1, -0.05) is 20.3 Å². The van der Waals surface area contributed by atoms with Gasteiger partial charge in [-0.15, -0.1) is 0 Å². The van der Waals surface area contributed by atoms with Gasteiger partial charge in [0.25, 0.3) is 0 Å². The first-order valence-corrected chi connectivity index (χ1v) is 7.01. The van der Waals surface area contributed by atoms with Crippen LogP contribution in [0.2, 0.25) is 0 Å². The van der Waals surface area contributed by atoms with Gasteiger partial charge in [-0.3, -0.25) is 0 Å². The molecule has 2 amide bonds. The molecule has 0 aromatic heterocycles. The van der Waals surface area contributed by atoms with Crippen molar-refractivity contribution in [1.82, 2.24) is 10.2 Å². The van der Waals surface area contributed by atoms with Crippen molar-refractivity contribution in [3.8, 4) is 0 Å². The predicted molar refractivity (Wildman–Crippen MR) is 69.8 cm³/mol. The molecule has 0 bridgehead atoms. The van der Waals surface area contributed by atoms with E-state index >= 15 is 0 Å². The van der Waals surface area contributed by atoms with Crippen LogP contribution in [0.1, 0.15) is 33.1 Å². The number of piperidine rings is 1. The molecule has 0 radical (unpaired) electrons. The minimum absolute atomic E-state index is 0.0111. The minimum atomic E-state index is -4.23. The monoisotopic (exact) mass is 310 g/mol. The molecule has 1 saturated heterocycles. The number of carbonyl (C=O) groups excluding carboxylic acids is 1. The summed E-state index contributed by atoms with van der Waals surface area (Å²) in [5.41, 5.74) is 0. The topological polar surface area (TPSA) is 69.6 Å². The van der Waals surface area contributed by atoms with Gasteiger partial charge in [-0.25, -0.2) is 9.59 Å². The number of amides is 2. The Morgan fingerprint density at radius 3 is 2.24 bits per heavy atom. The van der Waals surface area contributed by atoms with Gasteiger partial charge in [0.05, 0.1) is 5.92 Å². The van der Waals surface area contributed by atoms with E-state index in [0.717, 1.165) is 0 Å². The number of carboxylic acids is 1. The molecule has 2 N–H and O–H groups in total. The highest BCUT2D eigenvalue weighted by atomic mass is 19.4. The molecule has 0 aromatic rings. The summed E-state index contributed by atoms with van der Waals surface area (Å²) in [5.74, 6) is -2.77. The summed E-state index contributed by atoms with van der Waals surface area (Å²) in [7, 11) is 0. The second-order valence-electron chi connectivity index (χ2n) is 5.45. The SMILES string of the molecule is CCC(C)[C@H](NC(=O)N1CCC(C(F)(F)F)CC1)C(=O)O. The smallest absolute Gasteiger partial charge is 0.391 e. The van der Waals surface area contributed by atoms with E-state index in [1.165, 1.54) is 4.90 Å². The minimum Gasteiger partial charge on any atom is -0.480 e. The zero-order valence-electron chi connectivity index (χ0n) is 12.1. The molecule has 0 spiro atoms. The second-order valence-corrected chi connectivity index (χ2v) is 5.45. The van der Waals surface area contributed by atoms with E-state index in [9.17, 15) is 22.8 Å². The van der Waals surface area contributed by atoms with E-state index < -0.39 is 30.1 Å². The van der Waals surface area contributed by atoms with Crippen LogP contribution in [0.4, 0.5) is 18.0 Å². The summed E-state index contributed by atoms with van der Waals surface area (Å²) < 4.78 is 37.6.